The number of rotatable bonds is 8. The van der Waals surface area contributed by atoms with Crippen LogP contribution >= 0.6 is 23.1 Å². The summed E-state index contributed by atoms with van der Waals surface area (Å²) in [6, 6.07) is 5.75. The van der Waals surface area contributed by atoms with E-state index in [1.54, 1.807) is 25.3 Å². The third-order valence-electron chi connectivity index (χ3n) is 3.13. The van der Waals surface area contributed by atoms with Gasteiger partial charge in [0.25, 0.3) is 5.69 Å². The molecule has 1 amide bonds. The first-order valence-corrected chi connectivity index (χ1v) is 9.47. The van der Waals surface area contributed by atoms with E-state index in [0.717, 1.165) is 0 Å². The molecule has 26 heavy (non-hydrogen) atoms. The van der Waals surface area contributed by atoms with Crippen molar-refractivity contribution in [2.75, 3.05) is 11.9 Å². The number of nitrogens with one attached hydrogen (secondary N) is 1. The van der Waals surface area contributed by atoms with E-state index in [1.165, 1.54) is 41.3 Å². The number of benzene rings is 1. The quantitative estimate of drug-likeness (QED) is 0.316. The monoisotopic (exact) mass is 395 g/mol. The normalized spacial score (nSPS) is 11.6. The highest BCUT2D eigenvalue weighted by atomic mass is 32.2. The zero-order valence-corrected chi connectivity index (χ0v) is 15.8. The van der Waals surface area contributed by atoms with Crippen molar-refractivity contribution in [1.29, 1.82) is 0 Å². The molecule has 0 bridgehead atoms. The molecule has 10 heteroatoms. The van der Waals surface area contributed by atoms with Gasteiger partial charge in [0.05, 0.1) is 28.9 Å². The number of non-ortho nitro benzene ring substituents is 1. The predicted octanol–water partition coefficient (Wildman–Crippen LogP) is 3.28. The Balaban J connectivity index is 1.93. The number of esters is 1. The summed E-state index contributed by atoms with van der Waals surface area (Å²) in [4.78, 5) is 38.3. The third-order valence-corrected chi connectivity index (χ3v) is 5.25. The van der Waals surface area contributed by atoms with E-state index in [4.69, 9.17) is 4.74 Å². The second-order valence-electron chi connectivity index (χ2n) is 5.14. The van der Waals surface area contributed by atoms with E-state index in [9.17, 15) is 19.7 Å². The van der Waals surface area contributed by atoms with Crippen LogP contribution in [0.2, 0.25) is 0 Å². The van der Waals surface area contributed by atoms with Crippen LogP contribution < -0.4 is 5.32 Å². The van der Waals surface area contributed by atoms with Crippen molar-refractivity contribution in [2.45, 2.75) is 29.9 Å². The molecule has 138 valence electrons. The van der Waals surface area contributed by atoms with Crippen molar-refractivity contribution < 1.29 is 19.2 Å². The van der Waals surface area contributed by atoms with Gasteiger partial charge in [-0.05, 0) is 19.9 Å². The second-order valence-corrected chi connectivity index (χ2v) is 7.59. The Morgan fingerprint density at radius 2 is 2.23 bits per heavy atom. The number of carbonyl (C=O) groups excluding carboxylic acids is 2. The maximum absolute atomic E-state index is 12.3. The number of carbonyl (C=O) groups is 2. The van der Waals surface area contributed by atoms with Crippen LogP contribution in [0.25, 0.3) is 0 Å². The summed E-state index contributed by atoms with van der Waals surface area (Å²) in [7, 11) is 0. The first kappa shape index (κ1) is 19.9. The number of aromatic nitrogens is 1. The summed E-state index contributed by atoms with van der Waals surface area (Å²) in [5.74, 6) is -0.636. The molecule has 0 saturated heterocycles. The van der Waals surface area contributed by atoms with Crippen LogP contribution in [0.15, 0.2) is 34.0 Å². The molecule has 0 spiro atoms. The van der Waals surface area contributed by atoms with Gasteiger partial charge in [-0.3, -0.25) is 19.7 Å². The number of nitro benzene ring substituents is 1. The Kier molecular flexibility index (Phi) is 7.10. The Hall–Kier alpha value is -2.46. The van der Waals surface area contributed by atoms with E-state index in [2.05, 4.69) is 10.3 Å². The highest BCUT2D eigenvalue weighted by Gasteiger charge is 2.18. The molecule has 2 aromatic rings. The number of nitro groups is 1. The maximum Gasteiger partial charge on any atom is 0.311 e. The molecule has 0 aliphatic rings. The molecule has 0 saturated carbocycles. The van der Waals surface area contributed by atoms with Gasteiger partial charge in [0, 0.05) is 23.2 Å². The van der Waals surface area contributed by atoms with Gasteiger partial charge in [0.15, 0.2) is 4.34 Å². The van der Waals surface area contributed by atoms with Crippen LogP contribution in [0.1, 0.15) is 19.5 Å². The van der Waals surface area contributed by atoms with Gasteiger partial charge >= 0.3 is 5.97 Å². The van der Waals surface area contributed by atoms with Gasteiger partial charge in [-0.25, -0.2) is 4.98 Å². The molecule has 0 fully saturated rings. The Morgan fingerprint density at radius 3 is 2.92 bits per heavy atom. The van der Waals surface area contributed by atoms with Crippen molar-refractivity contribution in [3.8, 4) is 0 Å². The predicted molar refractivity (Wildman–Crippen MR) is 99.5 cm³/mol. The lowest BCUT2D eigenvalue weighted by atomic mass is 10.2. The molecule has 8 nitrogen and oxygen atoms in total. The number of thioether (sulfide) groups is 1. The van der Waals surface area contributed by atoms with Crippen molar-refractivity contribution >= 4 is 46.3 Å². The summed E-state index contributed by atoms with van der Waals surface area (Å²) >= 11 is 2.59. The number of hydrogen-bond donors (Lipinski definition) is 1. The lowest BCUT2D eigenvalue weighted by molar-refractivity contribution is -0.384. The topological polar surface area (TPSA) is 111 Å². The number of nitrogens with zero attached hydrogens (tertiary/aromatic N) is 2. The van der Waals surface area contributed by atoms with Crippen molar-refractivity contribution in [1.82, 2.24) is 4.98 Å². The largest absolute Gasteiger partial charge is 0.466 e. The van der Waals surface area contributed by atoms with Gasteiger partial charge in [0.2, 0.25) is 5.91 Å². The maximum atomic E-state index is 12.3. The van der Waals surface area contributed by atoms with Crippen LogP contribution in [-0.4, -0.2) is 33.6 Å². The van der Waals surface area contributed by atoms with Crippen LogP contribution in [-0.2, 0) is 20.7 Å². The van der Waals surface area contributed by atoms with E-state index >= 15 is 0 Å². The molecule has 1 aromatic carbocycles. The first-order chi connectivity index (χ1) is 12.4. The van der Waals surface area contributed by atoms with E-state index < -0.39 is 10.2 Å². The Bertz CT molecular complexity index is 809. The SMILES string of the molecule is CCOC(=O)Cc1csc(S[C@@H](C)C(=O)Nc2cccc([N+](=O)[O-])c2)n1. The molecule has 1 heterocycles. The molecule has 1 N–H and O–H groups in total. The number of hydrogen-bond acceptors (Lipinski definition) is 8. The van der Waals surface area contributed by atoms with Gasteiger partial charge in [0.1, 0.15) is 0 Å². The van der Waals surface area contributed by atoms with E-state index in [0.29, 0.717) is 22.3 Å². The highest BCUT2D eigenvalue weighted by molar-refractivity contribution is 8.02. The smallest absolute Gasteiger partial charge is 0.311 e. The van der Waals surface area contributed by atoms with Crippen molar-refractivity contribution in [2.24, 2.45) is 0 Å². The standard InChI is InChI=1S/C16H17N3O5S2/c1-3-24-14(20)8-12-9-25-16(18-12)26-10(2)15(21)17-11-5-4-6-13(7-11)19(22)23/h4-7,9-10H,3,8H2,1-2H3,(H,17,21)/t10-/m0/s1. The van der Waals surface area contributed by atoms with Gasteiger partial charge in [-0.2, -0.15) is 0 Å². The summed E-state index contributed by atoms with van der Waals surface area (Å²) in [6.45, 7) is 3.77. The zero-order valence-electron chi connectivity index (χ0n) is 14.1. The molecule has 0 unspecified atom stereocenters. The third kappa shape index (κ3) is 5.81. The molecular weight excluding hydrogens is 378 g/mol. The first-order valence-electron chi connectivity index (χ1n) is 7.71. The van der Waals surface area contributed by atoms with E-state index in [-0.39, 0.29) is 24.0 Å². The number of thiazole rings is 1. The number of anilines is 1. The molecule has 1 aromatic heterocycles. The summed E-state index contributed by atoms with van der Waals surface area (Å²) in [6.07, 6.45) is 0.0964. The minimum atomic E-state index is -0.519. The minimum Gasteiger partial charge on any atom is -0.466 e. The fourth-order valence-corrected chi connectivity index (χ4v) is 3.91. The fourth-order valence-electron chi connectivity index (χ4n) is 1.93. The van der Waals surface area contributed by atoms with Crippen LogP contribution in [0, 0.1) is 10.1 Å². The molecule has 0 aliphatic carbocycles. The molecular formula is C16H17N3O5S2. The van der Waals surface area contributed by atoms with Crippen LogP contribution in [0.5, 0.6) is 0 Å². The van der Waals surface area contributed by atoms with E-state index in [1.807, 2.05) is 0 Å². The lowest BCUT2D eigenvalue weighted by Gasteiger charge is -2.10. The number of amides is 1. The summed E-state index contributed by atoms with van der Waals surface area (Å²) in [5, 5.41) is 14.7. The Labute approximate surface area is 158 Å². The van der Waals surface area contributed by atoms with Crippen molar-refractivity contribution in [3.05, 3.63) is 45.5 Å². The summed E-state index contributed by atoms with van der Waals surface area (Å²) in [5.41, 5.74) is 0.868. The average Bonchev–Trinajstić information content (AvgIpc) is 3.02. The zero-order chi connectivity index (χ0) is 19.1. The molecule has 0 radical (unpaired) electrons. The molecule has 2 rings (SSSR count). The van der Waals surface area contributed by atoms with Gasteiger partial charge in [-0.1, -0.05) is 17.8 Å². The van der Waals surface area contributed by atoms with Gasteiger partial charge in [-0.15, -0.1) is 11.3 Å². The minimum absolute atomic E-state index is 0.0911. The highest BCUT2D eigenvalue weighted by Crippen LogP contribution is 2.28. The van der Waals surface area contributed by atoms with Gasteiger partial charge < -0.3 is 10.1 Å². The Morgan fingerprint density at radius 1 is 1.46 bits per heavy atom. The number of ether oxygens (including phenoxy) is 1. The van der Waals surface area contributed by atoms with Crippen LogP contribution in [0.4, 0.5) is 11.4 Å². The summed E-state index contributed by atoms with van der Waals surface area (Å²) < 4.78 is 5.53. The average molecular weight is 395 g/mol. The fraction of sp³-hybridized carbons (Fsp3) is 0.312. The molecule has 0 aliphatic heterocycles. The lowest BCUT2D eigenvalue weighted by Crippen LogP contribution is -2.22. The molecule has 1 atom stereocenters. The second kappa shape index (κ2) is 9.30. The van der Waals surface area contributed by atoms with Crippen LogP contribution in [0.3, 0.4) is 0 Å². The van der Waals surface area contributed by atoms with Crippen molar-refractivity contribution in [3.63, 3.8) is 0 Å².